The van der Waals surface area contributed by atoms with Gasteiger partial charge in [0.1, 0.15) is 29.4 Å². The van der Waals surface area contributed by atoms with Crippen molar-refractivity contribution in [1.82, 2.24) is 39.8 Å². The van der Waals surface area contributed by atoms with Crippen LogP contribution in [0.3, 0.4) is 0 Å². The van der Waals surface area contributed by atoms with Crippen LogP contribution in [0, 0.1) is 5.92 Å². The summed E-state index contributed by atoms with van der Waals surface area (Å²) in [5, 5.41) is 6.68. The Morgan fingerprint density at radius 1 is 0.842 bits per heavy atom. The zero-order valence-electron chi connectivity index (χ0n) is 44.2. The first-order valence-corrected chi connectivity index (χ1v) is 25.9. The number of amides is 6. The summed E-state index contributed by atoms with van der Waals surface area (Å²) in [6, 6.07) is 24.8. The molecule has 1 aliphatic heterocycles. The van der Waals surface area contributed by atoms with Gasteiger partial charge in [0, 0.05) is 80.9 Å². The quantitative estimate of drug-likeness (QED) is 0.0841. The normalized spacial score (nSPS) is 19.5. The molecule has 0 radical (unpaired) electrons. The van der Waals surface area contributed by atoms with Crippen LogP contribution >= 0.6 is 23.2 Å². The van der Waals surface area contributed by atoms with E-state index >= 15 is 9.59 Å². The summed E-state index contributed by atoms with van der Waals surface area (Å²) in [7, 11) is 10.5. The van der Waals surface area contributed by atoms with Gasteiger partial charge < -0.3 is 54.7 Å². The van der Waals surface area contributed by atoms with Crippen LogP contribution in [-0.2, 0) is 66.4 Å². The first kappa shape index (κ1) is 58.3. The van der Waals surface area contributed by atoms with Gasteiger partial charge in [-0.3, -0.25) is 24.0 Å². The highest BCUT2D eigenvalue weighted by Crippen LogP contribution is 2.33. The van der Waals surface area contributed by atoms with Crippen molar-refractivity contribution in [2.24, 2.45) is 18.7 Å². The van der Waals surface area contributed by atoms with E-state index in [-0.39, 0.29) is 82.4 Å². The summed E-state index contributed by atoms with van der Waals surface area (Å²) in [4.78, 5) is 96.7. The molecule has 4 aromatic carbocycles. The molecule has 18 nitrogen and oxygen atoms in total. The molecule has 0 spiro atoms. The van der Waals surface area contributed by atoms with E-state index in [1.54, 1.807) is 51.4 Å². The van der Waals surface area contributed by atoms with Gasteiger partial charge in [0.15, 0.2) is 0 Å². The molecule has 1 fully saturated rings. The smallest absolute Gasteiger partial charge is 0.404 e. The van der Waals surface area contributed by atoms with Gasteiger partial charge in [0.2, 0.25) is 29.5 Å². The number of methoxy groups -OCH3 is 1. The molecule has 5 atom stereocenters. The average molecular weight is 1080 g/mol. The summed E-state index contributed by atoms with van der Waals surface area (Å²) in [5.74, 6) is -1.92. The first-order chi connectivity index (χ1) is 36.3. The van der Waals surface area contributed by atoms with Crippen LogP contribution in [0.25, 0.3) is 11.3 Å². The number of halogens is 2. The molecule has 76 heavy (non-hydrogen) atoms. The predicted octanol–water partition coefficient (Wildman–Crippen LogP) is 6.64. The van der Waals surface area contributed by atoms with Crippen LogP contribution < -0.4 is 21.1 Å². The third-order valence-corrected chi connectivity index (χ3v) is 14.0. The molecule has 0 unspecified atom stereocenters. The van der Waals surface area contributed by atoms with Crippen LogP contribution in [-0.4, -0.2) is 144 Å². The number of nitrogens with zero attached hydrogens (tertiary/aromatic N) is 6. The molecule has 0 bridgehead atoms. The van der Waals surface area contributed by atoms with Gasteiger partial charge in [-0.2, -0.15) is 0 Å². The second-order valence-corrected chi connectivity index (χ2v) is 20.3. The maximum absolute atomic E-state index is 15.5. The van der Waals surface area contributed by atoms with Crippen molar-refractivity contribution in [2.45, 2.75) is 82.7 Å². The van der Waals surface area contributed by atoms with Crippen LogP contribution in [0.1, 0.15) is 55.1 Å². The van der Waals surface area contributed by atoms with E-state index in [2.05, 4.69) is 15.6 Å². The lowest BCUT2D eigenvalue weighted by Gasteiger charge is -2.36. The Morgan fingerprint density at radius 3 is 2.20 bits per heavy atom. The summed E-state index contributed by atoms with van der Waals surface area (Å²) >= 11 is 12.9. The molecule has 0 aliphatic carbocycles. The van der Waals surface area contributed by atoms with Crippen LogP contribution in [0.2, 0.25) is 10.0 Å². The topological polar surface area (TPSA) is 211 Å². The Morgan fingerprint density at radius 2 is 1.53 bits per heavy atom. The number of carbonyl (C=O) groups is 6. The lowest BCUT2D eigenvalue weighted by molar-refractivity contribution is -0.147. The van der Waals surface area contributed by atoms with E-state index in [0.717, 1.165) is 28.2 Å². The molecule has 6 amide bonds. The lowest BCUT2D eigenvalue weighted by atomic mass is 9.93. The highest BCUT2D eigenvalue weighted by molar-refractivity contribution is 6.31. The molecule has 1 aliphatic rings. The number of nitrogens with one attached hydrogen (secondary N) is 2. The van der Waals surface area contributed by atoms with E-state index in [0.29, 0.717) is 27.9 Å². The average Bonchev–Trinajstić information content (AvgIpc) is 3.75. The van der Waals surface area contributed by atoms with Crippen molar-refractivity contribution in [2.75, 3.05) is 55.1 Å². The van der Waals surface area contributed by atoms with Gasteiger partial charge in [0.25, 0.3) is 0 Å². The molecule has 1 aromatic heterocycles. The number of nitrogens with two attached hydrogens (primary N) is 1. The molecule has 0 saturated carbocycles. The van der Waals surface area contributed by atoms with Gasteiger partial charge in [-0.05, 0) is 106 Å². The SMILES string of the molecule is COC[C@@H]1NC(=O)[C@H](CCCOC(N)=O)N(Cc2ccc(Cl)cc2Oc2ccc(-c3cnc(CN(C)C)n3C)cc2)C(=O)C[C@@H](Cc2ccccc2)C(=O)N(C)[C@@H](C)CNC(=O)C[C@H](Cc2ccc(Cl)cc2)N(C)C1=O. The Kier molecular flexibility index (Phi) is 21.2. The molecule has 6 rings (SSSR count). The number of carbonyl (C=O) groups excluding carboxylic acids is 6. The van der Waals surface area contributed by atoms with Crippen molar-refractivity contribution in [3.05, 3.63) is 136 Å². The van der Waals surface area contributed by atoms with Crippen molar-refractivity contribution in [3.63, 3.8) is 0 Å². The van der Waals surface area contributed by atoms with Crippen LogP contribution in [0.4, 0.5) is 4.79 Å². The Balaban J connectivity index is 1.44. The van der Waals surface area contributed by atoms with Crippen molar-refractivity contribution < 1.29 is 43.0 Å². The molecule has 1 saturated heterocycles. The van der Waals surface area contributed by atoms with Gasteiger partial charge in [-0.15, -0.1) is 0 Å². The maximum atomic E-state index is 15.5. The van der Waals surface area contributed by atoms with Gasteiger partial charge in [-0.1, -0.05) is 71.7 Å². The summed E-state index contributed by atoms with van der Waals surface area (Å²) in [6.45, 7) is 1.82. The highest BCUT2D eigenvalue weighted by Gasteiger charge is 2.38. The van der Waals surface area contributed by atoms with Crippen LogP contribution in [0.15, 0.2) is 103 Å². The fourth-order valence-electron chi connectivity index (χ4n) is 9.09. The number of hydrogen-bond donors (Lipinski definition) is 3. The Labute approximate surface area is 454 Å². The van der Waals surface area contributed by atoms with E-state index < -0.39 is 53.9 Å². The summed E-state index contributed by atoms with van der Waals surface area (Å²) < 4.78 is 19.2. The second kappa shape index (κ2) is 27.7. The molecule has 5 aromatic rings. The fraction of sp³-hybridized carbons (Fsp3) is 0.411. The number of rotatable bonds is 17. The Bertz CT molecular complexity index is 2780. The number of imidazole rings is 1. The maximum Gasteiger partial charge on any atom is 0.404 e. The molecule has 406 valence electrons. The van der Waals surface area contributed by atoms with E-state index in [9.17, 15) is 19.2 Å². The largest absolute Gasteiger partial charge is 0.457 e. The van der Waals surface area contributed by atoms with E-state index in [1.165, 1.54) is 21.8 Å². The highest BCUT2D eigenvalue weighted by atomic mass is 35.5. The number of benzene rings is 4. The van der Waals surface area contributed by atoms with Gasteiger partial charge >= 0.3 is 6.09 Å². The summed E-state index contributed by atoms with van der Waals surface area (Å²) in [6.07, 6.45) is 0.699. The van der Waals surface area contributed by atoms with Crippen molar-refractivity contribution in [3.8, 4) is 22.8 Å². The van der Waals surface area contributed by atoms with Gasteiger partial charge in [0.05, 0.1) is 44.1 Å². The molecular weight excluding hydrogens is 1010 g/mol. The Hall–Kier alpha value is -6.99. The fourth-order valence-corrected chi connectivity index (χ4v) is 9.38. The lowest BCUT2D eigenvalue weighted by Crippen LogP contribution is -2.58. The monoisotopic (exact) mass is 1080 g/mol. The minimum absolute atomic E-state index is 0.0577. The molecular formula is C56H69Cl2N9O9. The number of aromatic nitrogens is 2. The number of primary amides is 1. The molecule has 4 N–H and O–H groups in total. The number of ether oxygens (including phenoxy) is 3. The number of likely N-dealkylation sites (N-methyl/N-ethyl adjacent to an activating group) is 2. The zero-order chi connectivity index (χ0) is 55.1. The van der Waals surface area contributed by atoms with Crippen LogP contribution in [0.5, 0.6) is 11.5 Å². The van der Waals surface area contributed by atoms with Crippen molar-refractivity contribution in [1.29, 1.82) is 0 Å². The van der Waals surface area contributed by atoms with Crippen molar-refractivity contribution >= 4 is 58.8 Å². The minimum Gasteiger partial charge on any atom is -0.457 e. The van der Waals surface area contributed by atoms with E-state index in [1.807, 2.05) is 104 Å². The minimum atomic E-state index is -1.35. The third kappa shape index (κ3) is 16.3. The standard InChI is InChI=1S/C56H69Cl2N9O9/c1-36-31-61-51(68)30-44(27-38-15-20-42(57)21-16-38)65(5)55(72)46(35-74-7)62-53(70)47(14-11-25-75-56(59)73)67(52(69)28-41(54(71)64(36)4)26-37-12-9-8-10-13-37)33-40-17-22-43(58)29-49(40)76-45-23-18-39(19-24-45)48-32-60-50(66(48)6)34-63(2)3/h8-10,12-13,15-24,29,32,36,41,44,46-47H,11,14,25-28,30-31,33-35H2,1-7H3,(H2,59,73)(H,61,68)(H,62,70)/t36-,41+,44-,46-,47-/m0/s1. The molecule has 2 heterocycles. The number of hydrogen-bond acceptors (Lipinski definition) is 11. The zero-order valence-corrected chi connectivity index (χ0v) is 45.7. The van der Waals surface area contributed by atoms with E-state index in [4.69, 9.17) is 43.1 Å². The first-order valence-electron chi connectivity index (χ1n) is 25.1. The predicted molar refractivity (Wildman–Crippen MR) is 290 cm³/mol. The summed E-state index contributed by atoms with van der Waals surface area (Å²) in [5.41, 5.74) is 9.20. The molecule has 20 heteroatoms. The third-order valence-electron chi connectivity index (χ3n) is 13.5. The van der Waals surface area contributed by atoms with Gasteiger partial charge in [-0.25, -0.2) is 9.78 Å². The second-order valence-electron chi connectivity index (χ2n) is 19.4.